The molecule has 0 aliphatic rings. The average molecular weight is 223 g/mol. The predicted octanol–water partition coefficient (Wildman–Crippen LogP) is 2.76. The van der Waals surface area contributed by atoms with E-state index < -0.39 is 0 Å². The van der Waals surface area contributed by atoms with Crippen LogP contribution in [0.25, 0.3) is 0 Å². The third-order valence-electron chi connectivity index (χ3n) is 2.47. The summed E-state index contributed by atoms with van der Waals surface area (Å²) in [5.41, 5.74) is 9.17. The van der Waals surface area contributed by atoms with Crippen LogP contribution in [0.3, 0.4) is 0 Å². The maximum absolute atomic E-state index is 8.80. The standard InChI is InChI=1S/C14H13N3/c15-9-11-4-6-13(7-5-11)17-14-3-1-2-12(8-14)10-16/h1-8,17H,9,15H2. The van der Waals surface area contributed by atoms with Gasteiger partial charge in [-0.3, -0.25) is 0 Å². The molecular weight excluding hydrogens is 210 g/mol. The second kappa shape index (κ2) is 5.15. The van der Waals surface area contributed by atoms with Gasteiger partial charge in [0.1, 0.15) is 0 Å². The first kappa shape index (κ1) is 11.2. The molecule has 0 bridgehead atoms. The van der Waals surface area contributed by atoms with Gasteiger partial charge < -0.3 is 11.1 Å². The van der Waals surface area contributed by atoms with E-state index in [2.05, 4.69) is 11.4 Å². The summed E-state index contributed by atoms with van der Waals surface area (Å²) < 4.78 is 0. The fourth-order valence-electron chi connectivity index (χ4n) is 1.56. The number of hydrogen-bond donors (Lipinski definition) is 2. The Labute approximate surface area is 101 Å². The molecule has 0 atom stereocenters. The highest BCUT2D eigenvalue weighted by atomic mass is 14.9. The Bertz CT molecular complexity index is 538. The van der Waals surface area contributed by atoms with Crippen molar-refractivity contribution >= 4 is 11.4 Å². The van der Waals surface area contributed by atoms with Crippen LogP contribution in [0, 0.1) is 11.3 Å². The summed E-state index contributed by atoms with van der Waals surface area (Å²) in [4.78, 5) is 0. The Morgan fingerprint density at radius 1 is 1.06 bits per heavy atom. The molecule has 2 rings (SSSR count). The van der Waals surface area contributed by atoms with Crippen LogP contribution >= 0.6 is 0 Å². The summed E-state index contributed by atoms with van der Waals surface area (Å²) in [5, 5.41) is 12.0. The summed E-state index contributed by atoms with van der Waals surface area (Å²) in [6.45, 7) is 0.546. The third-order valence-corrected chi connectivity index (χ3v) is 2.47. The molecule has 2 aromatic rings. The molecule has 0 saturated heterocycles. The molecule has 0 aromatic heterocycles. The van der Waals surface area contributed by atoms with E-state index in [1.54, 1.807) is 6.07 Å². The summed E-state index contributed by atoms with van der Waals surface area (Å²) >= 11 is 0. The van der Waals surface area contributed by atoms with E-state index in [9.17, 15) is 0 Å². The van der Waals surface area contributed by atoms with Crippen molar-refractivity contribution < 1.29 is 0 Å². The van der Waals surface area contributed by atoms with Gasteiger partial charge >= 0.3 is 0 Å². The van der Waals surface area contributed by atoms with E-state index in [1.165, 1.54) is 0 Å². The van der Waals surface area contributed by atoms with E-state index >= 15 is 0 Å². The molecule has 0 saturated carbocycles. The molecule has 0 fully saturated rings. The molecule has 3 heteroatoms. The zero-order valence-corrected chi connectivity index (χ0v) is 9.35. The van der Waals surface area contributed by atoms with E-state index in [0.29, 0.717) is 12.1 Å². The summed E-state index contributed by atoms with van der Waals surface area (Å²) in [6.07, 6.45) is 0. The maximum atomic E-state index is 8.80. The third kappa shape index (κ3) is 2.83. The van der Waals surface area contributed by atoms with Gasteiger partial charge in [-0.2, -0.15) is 5.26 Å². The molecule has 0 aliphatic heterocycles. The van der Waals surface area contributed by atoms with Crippen LogP contribution in [-0.4, -0.2) is 0 Å². The first-order chi connectivity index (χ1) is 8.31. The van der Waals surface area contributed by atoms with Gasteiger partial charge in [0.2, 0.25) is 0 Å². The summed E-state index contributed by atoms with van der Waals surface area (Å²) in [5.74, 6) is 0. The lowest BCUT2D eigenvalue weighted by Crippen LogP contribution is -1.96. The molecule has 3 nitrogen and oxygen atoms in total. The monoisotopic (exact) mass is 223 g/mol. The summed E-state index contributed by atoms with van der Waals surface area (Å²) in [6, 6.07) is 17.4. The number of nitrogens with one attached hydrogen (secondary N) is 1. The zero-order valence-electron chi connectivity index (χ0n) is 9.35. The smallest absolute Gasteiger partial charge is 0.0992 e. The highest BCUT2D eigenvalue weighted by Crippen LogP contribution is 2.17. The fourth-order valence-corrected chi connectivity index (χ4v) is 1.56. The SMILES string of the molecule is N#Cc1cccc(Nc2ccc(CN)cc2)c1. The summed E-state index contributed by atoms with van der Waals surface area (Å²) in [7, 11) is 0. The number of rotatable bonds is 3. The van der Waals surface area contributed by atoms with Crippen LogP contribution in [-0.2, 0) is 6.54 Å². The quantitative estimate of drug-likeness (QED) is 0.841. The normalized spacial score (nSPS) is 9.65. The van der Waals surface area contributed by atoms with Crippen LogP contribution in [0.15, 0.2) is 48.5 Å². The van der Waals surface area contributed by atoms with Crippen molar-refractivity contribution in [1.29, 1.82) is 5.26 Å². The van der Waals surface area contributed by atoms with Crippen LogP contribution in [0.4, 0.5) is 11.4 Å². The molecule has 0 unspecified atom stereocenters. The molecule has 84 valence electrons. The van der Waals surface area contributed by atoms with E-state index in [-0.39, 0.29) is 0 Å². The zero-order chi connectivity index (χ0) is 12.1. The van der Waals surface area contributed by atoms with E-state index in [4.69, 9.17) is 11.0 Å². The number of nitriles is 1. The van der Waals surface area contributed by atoms with E-state index in [0.717, 1.165) is 16.9 Å². The lowest BCUT2D eigenvalue weighted by atomic mass is 10.2. The van der Waals surface area contributed by atoms with Gasteiger partial charge in [-0.1, -0.05) is 18.2 Å². The highest BCUT2D eigenvalue weighted by Gasteiger charge is 1.96. The lowest BCUT2D eigenvalue weighted by Gasteiger charge is -2.07. The average Bonchev–Trinajstić information content (AvgIpc) is 2.40. The van der Waals surface area contributed by atoms with Crippen molar-refractivity contribution in [3.05, 3.63) is 59.7 Å². The lowest BCUT2D eigenvalue weighted by molar-refractivity contribution is 1.07. The topological polar surface area (TPSA) is 61.8 Å². The van der Waals surface area contributed by atoms with Crippen LogP contribution in [0.2, 0.25) is 0 Å². The Balaban J connectivity index is 2.16. The molecule has 17 heavy (non-hydrogen) atoms. The molecule has 0 amide bonds. The van der Waals surface area contributed by atoms with Crippen LogP contribution in [0.5, 0.6) is 0 Å². The Kier molecular flexibility index (Phi) is 3.39. The highest BCUT2D eigenvalue weighted by molar-refractivity contribution is 5.61. The van der Waals surface area contributed by atoms with Crippen molar-refractivity contribution in [2.45, 2.75) is 6.54 Å². The Morgan fingerprint density at radius 3 is 2.47 bits per heavy atom. The number of benzene rings is 2. The van der Waals surface area contributed by atoms with Crippen molar-refractivity contribution in [1.82, 2.24) is 0 Å². The van der Waals surface area contributed by atoms with Gasteiger partial charge in [0.25, 0.3) is 0 Å². The van der Waals surface area contributed by atoms with Gasteiger partial charge in [-0.25, -0.2) is 0 Å². The molecule has 3 N–H and O–H groups in total. The van der Waals surface area contributed by atoms with Crippen molar-refractivity contribution in [2.75, 3.05) is 5.32 Å². The minimum atomic E-state index is 0.546. The van der Waals surface area contributed by atoms with Gasteiger partial charge in [0.15, 0.2) is 0 Å². The minimum Gasteiger partial charge on any atom is -0.355 e. The van der Waals surface area contributed by atoms with Crippen LogP contribution < -0.4 is 11.1 Å². The fraction of sp³-hybridized carbons (Fsp3) is 0.0714. The minimum absolute atomic E-state index is 0.546. The largest absolute Gasteiger partial charge is 0.355 e. The van der Waals surface area contributed by atoms with Gasteiger partial charge in [0, 0.05) is 17.9 Å². The molecule has 0 spiro atoms. The molecule has 0 radical (unpaired) electrons. The molecule has 0 heterocycles. The number of anilines is 2. The van der Waals surface area contributed by atoms with Crippen LogP contribution in [0.1, 0.15) is 11.1 Å². The molecule has 0 aliphatic carbocycles. The Morgan fingerprint density at radius 2 is 1.82 bits per heavy atom. The maximum Gasteiger partial charge on any atom is 0.0992 e. The molecule has 2 aromatic carbocycles. The molecular formula is C14H13N3. The van der Waals surface area contributed by atoms with Gasteiger partial charge in [-0.15, -0.1) is 0 Å². The van der Waals surface area contributed by atoms with Gasteiger partial charge in [-0.05, 0) is 35.9 Å². The van der Waals surface area contributed by atoms with E-state index in [1.807, 2.05) is 42.5 Å². The predicted molar refractivity (Wildman–Crippen MR) is 68.8 cm³/mol. The second-order valence-electron chi connectivity index (χ2n) is 3.72. The van der Waals surface area contributed by atoms with Crippen molar-refractivity contribution in [3.63, 3.8) is 0 Å². The number of nitrogens with two attached hydrogens (primary N) is 1. The first-order valence-corrected chi connectivity index (χ1v) is 5.38. The Hall–Kier alpha value is -2.31. The second-order valence-corrected chi connectivity index (χ2v) is 3.72. The van der Waals surface area contributed by atoms with Gasteiger partial charge in [0.05, 0.1) is 11.6 Å². The first-order valence-electron chi connectivity index (χ1n) is 5.38. The van der Waals surface area contributed by atoms with Crippen molar-refractivity contribution in [2.24, 2.45) is 5.73 Å². The van der Waals surface area contributed by atoms with Crippen molar-refractivity contribution in [3.8, 4) is 6.07 Å². The number of nitrogens with zero attached hydrogens (tertiary/aromatic N) is 1. The number of hydrogen-bond acceptors (Lipinski definition) is 3.